The number of para-hydroxylation sites is 1. The van der Waals surface area contributed by atoms with Gasteiger partial charge in [0.2, 0.25) is 0 Å². The minimum Gasteiger partial charge on any atom is -0.361 e. The fourth-order valence-electron chi connectivity index (χ4n) is 4.41. The van der Waals surface area contributed by atoms with E-state index < -0.39 is 0 Å². The summed E-state index contributed by atoms with van der Waals surface area (Å²) in [7, 11) is 0. The molecular weight excluding hydrogens is 352 g/mol. The molecule has 5 rings (SSSR count). The second-order valence-electron chi connectivity index (χ2n) is 8.28. The van der Waals surface area contributed by atoms with E-state index in [0.29, 0.717) is 5.92 Å². The van der Waals surface area contributed by atoms with Crippen LogP contribution < -0.4 is 5.56 Å². The smallest absolute Gasteiger partial charge is 0.261 e. The van der Waals surface area contributed by atoms with Crippen LogP contribution in [0.2, 0.25) is 0 Å². The van der Waals surface area contributed by atoms with Gasteiger partial charge in [0.15, 0.2) is 0 Å². The summed E-state index contributed by atoms with van der Waals surface area (Å²) in [5.74, 6) is 2.43. The van der Waals surface area contributed by atoms with Crippen LogP contribution in [0.5, 0.6) is 0 Å². The highest BCUT2D eigenvalue weighted by Gasteiger charge is 2.33. The fraction of sp³-hybridized carbons (Fsp3) is 0.500. The molecule has 2 aliphatic rings. The predicted molar refractivity (Wildman–Crippen MR) is 107 cm³/mol. The van der Waals surface area contributed by atoms with Gasteiger partial charge in [-0.2, -0.15) is 0 Å². The minimum atomic E-state index is 0.108. The summed E-state index contributed by atoms with van der Waals surface area (Å²) in [6.07, 6.45) is 4.57. The van der Waals surface area contributed by atoms with Crippen molar-refractivity contribution < 1.29 is 4.52 Å². The van der Waals surface area contributed by atoms with Gasteiger partial charge in [-0.3, -0.25) is 14.3 Å². The van der Waals surface area contributed by atoms with Crippen molar-refractivity contribution >= 4 is 10.9 Å². The number of aryl methyl sites for hydroxylation is 2. The normalized spacial score (nSPS) is 20.3. The highest BCUT2D eigenvalue weighted by atomic mass is 16.5. The Morgan fingerprint density at radius 3 is 2.75 bits per heavy atom. The first-order valence-electron chi connectivity index (χ1n) is 10.3. The zero-order valence-electron chi connectivity index (χ0n) is 16.5. The van der Waals surface area contributed by atoms with Gasteiger partial charge in [-0.15, -0.1) is 0 Å². The maximum Gasteiger partial charge on any atom is 0.261 e. The van der Waals surface area contributed by atoms with E-state index in [1.165, 1.54) is 12.8 Å². The van der Waals surface area contributed by atoms with Crippen LogP contribution in [0, 0.1) is 19.8 Å². The fourth-order valence-corrected chi connectivity index (χ4v) is 4.41. The number of aromatic nitrogens is 3. The Hall–Kier alpha value is -2.47. The van der Waals surface area contributed by atoms with E-state index in [9.17, 15) is 4.79 Å². The van der Waals surface area contributed by atoms with E-state index >= 15 is 0 Å². The molecule has 1 aromatic carbocycles. The number of nitrogens with zero attached hydrogens (tertiary/aromatic N) is 4. The third-order valence-electron chi connectivity index (χ3n) is 6.23. The first kappa shape index (κ1) is 17.6. The lowest BCUT2D eigenvalue weighted by molar-refractivity contribution is 0.230. The van der Waals surface area contributed by atoms with Crippen molar-refractivity contribution in [3.8, 4) is 0 Å². The highest BCUT2D eigenvalue weighted by molar-refractivity contribution is 5.77. The molecule has 0 bridgehead atoms. The first-order valence-corrected chi connectivity index (χ1v) is 10.3. The van der Waals surface area contributed by atoms with Gasteiger partial charge in [-0.25, -0.2) is 4.98 Å². The zero-order chi connectivity index (χ0) is 19.3. The molecule has 146 valence electrons. The standard InChI is InChI=1S/C22H26N4O2/c1-14-18(15(2)28-24-14)13-25-11-5-8-20(25)21-23-19-7-4-3-6-17(19)22(27)26(21)12-16-9-10-16/h3-4,6-7,16,20H,5,8-13H2,1-2H3. The quantitative estimate of drug-likeness (QED) is 0.677. The van der Waals surface area contributed by atoms with Crippen LogP contribution in [0.1, 0.15) is 54.6 Å². The second kappa shape index (κ2) is 6.85. The Kier molecular flexibility index (Phi) is 4.31. The largest absolute Gasteiger partial charge is 0.361 e. The Morgan fingerprint density at radius 1 is 1.18 bits per heavy atom. The van der Waals surface area contributed by atoms with Crippen molar-refractivity contribution in [3.05, 3.63) is 57.5 Å². The van der Waals surface area contributed by atoms with E-state index in [1.54, 1.807) is 0 Å². The topological polar surface area (TPSA) is 64.2 Å². The van der Waals surface area contributed by atoms with E-state index in [2.05, 4.69) is 10.1 Å². The SMILES string of the molecule is Cc1noc(C)c1CN1CCCC1c1nc2ccccc2c(=O)n1CC1CC1. The van der Waals surface area contributed by atoms with Crippen LogP contribution in [0.3, 0.4) is 0 Å². The number of hydrogen-bond acceptors (Lipinski definition) is 5. The first-order chi connectivity index (χ1) is 13.6. The van der Waals surface area contributed by atoms with Gasteiger partial charge in [-0.1, -0.05) is 17.3 Å². The Balaban J connectivity index is 1.57. The van der Waals surface area contributed by atoms with E-state index in [4.69, 9.17) is 9.51 Å². The van der Waals surface area contributed by atoms with E-state index in [-0.39, 0.29) is 11.6 Å². The van der Waals surface area contributed by atoms with Crippen LogP contribution in [0.15, 0.2) is 33.6 Å². The molecule has 28 heavy (non-hydrogen) atoms. The van der Waals surface area contributed by atoms with Crippen molar-refractivity contribution in [1.29, 1.82) is 0 Å². The molecule has 1 aliphatic heterocycles. The molecule has 1 aliphatic carbocycles. The molecule has 0 N–H and O–H groups in total. The summed E-state index contributed by atoms with van der Waals surface area (Å²) in [6.45, 7) is 6.55. The summed E-state index contributed by atoms with van der Waals surface area (Å²) in [5, 5.41) is 4.83. The number of likely N-dealkylation sites (tertiary alicyclic amines) is 1. The Bertz CT molecular complexity index is 1060. The molecule has 2 fully saturated rings. The molecule has 1 atom stereocenters. The van der Waals surface area contributed by atoms with Gasteiger partial charge in [0.25, 0.3) is 5.56 Å². The van der Waals surface area contributed by atoms with Crippen LogP contribution in [0.25, 0.3) is 10.9 Å². The van der Waals surface area contributed by atoms with Crippen molar-refractivity contribution in [3.63, 3.8) is 0 Å². The molecule has 0 spiro atoms. The van der Waals surface area contributed by atoms with Crippen LogP contribution in [-0.2, 0) is 13.1 Å². The molecule has 0 amide bonds. The number of benzene rings is 1. The lowest BCUT2D eigenvalue weighted by Crippen LogP contribution is -2.32. The van der Waals surface area contributed by atoms with Gasteiger partial charge < -0.3 is 4.52 Å². The van der Waals surface area contributed by atoms with Crippen molar-refractivity contribution in [2.24, 2.45) is 5.92 Å². The maximum atomic E-state index is 13.3. The molecule has 6 nitrogen and oxygen atoms in total. The predicted octanol–water partition coefficient (Wildman–Crippen LogP) is 3.75. The van der Waals surface area contributed by atoms with Crippen LogP contribution >= 0.6 is 0 Å². The van der Waals surface area contributed by atoms with Crippen LogP contribution in [0.4, 0.5) is 0 Å². The third-order valence-corrected chi connectivity index (χ3v) is 6.23. The molecule has 3 heterocycles. The minimum absolute atomic E-state index is 0.108. The zero-order valence-corrected chi connectivity index (χ0v) is 16.5. The molecule has 0 radical (unpaired) electrons. The molecule has 1 saturated carbocycles. The number of fused-ring (bicyclic) bond motifs is 1. The van der Waals surface area contributed by atoms with E-state index in [1.807, 2.05) is 42.7 Å². The van der Waals surface area contributed by atoms with Crippen molar-refractivity contribution in [2.75, 3.05) is 6.54 Å². The lowest BCUT2D eigenvalue weighted by Gasteiger charge is -2.26. The van der Waals surface area contributed by atoms with Gasteiger partial charge in [0.1, 0.15) is 11.6 Å². The van der Waals surface area contributed by atoms with Crippen molar-refractivity contribution in [2.45, 2.75) is 58.7 Å². The van der Waals surface area contributed by atoms with Gasteiger partial charge in [0.05, 0.1) is 22.6 Å². The number of rotatable bonds is 5. The number of hydrogen-bond donors (Lipinski definition) is 0. The summed E-state index contributed by atoms with van der Waals surface area (Å²) < 4.78 is 7.33. The molecular formula is C22H26N4O2. The van der Waals surface area contributed by atoms with Gasteiger partial charge in [-0.05, 0) is 64.1 Å². The van der Waals surface area contributed by atoms with Gasteiger partial charge in [0, 0.05) is 18.7 Å². The Morgan fingerprint density at radius 2 is 2.00 bits per heavy atom. The van der Waals surface area contributed by atoms with Gasteiger partial charge >= 0.3 is 0 Å². The lowest BCUT2D eigenvalue weighted by atomic mass is 10.1. The molecule has 3 aromatic rings. The Labute approximate surface area is 164 Å². The maximum absolute atomic E-state index is 13.3. The van der Waals surface area contributed by atoms with Crippen LogP contribution in [-0.4, -0.2) is 26.2 Å². The van der Waals surface area contributed by atoms with E-state index in [0.717, 1.165) is 66.2 Å². The average molecular weight is 378 g/mol. The molecule has 6 heteroatoms. The summed E-state index contributed by atoms with van der Waals surface area (Å²) in [4.78, 5) is 20.7. The summed E-state index contributed by atoms with van der Waals surface area (Å²) in [6, 6.07) is 7.89. The molecule has 2 aromatic heterocycles. The molecule has 1 unspecified atom stereocenters. The summed E-state index contributed by atoms with van der Waals surface area (Å²) >= 11 is 0. The third kappa shape index (κ3) is 3.05. The second-order valence-corrected chi connectivity index (χ2v) is 8.28. The summed E-state index contributed by atoms with van der Waals surface area (Å²) in [5.41, 5.74) is 3.02. The van der Waals surface area contributed by atoms with Crippen molar-refractivity contribution in [1.82, 2.24) is 19.6 Å². The monoisotopic (exact) mass is 378 g/mol. The average Bonchev–Trinajstić information content (AvgIpc) is 3.31. The molecule has 1 saturated heterocycles. The highest BCUT2D eigenvalue weighted by Crippen LogP contribution is 2.36.